The van der Waals surface area contributed by atoms with Gasteiger partial charge in [-0.2, -0.15) is 0 Å². The summed E-state index contributed by atoms with van der Waals surface area (Å²) in [7, 11) is 0. The quantitative estimate of drug-likeness (QED) is 0.904. The van der Waals surface area contributed by atoms with Crippen molar-refractivity contribution in [3.05, 3.63) is 69.4 Å². The third-order valence-electron chi connectivity index (χ3n) is 6.48. The smallest absolute Gasteiger partial charge is 0.254 e. The molecule has 0 bridgehead atoms. The fourth-order valence-electron chi connectivity index (χ4n) is 4.90. The molecule has 0 radical (unpaired) electrons. The molecule has 140 valence electrons. The summed E-state index contributed by atoms with van der Waals surface area (Å²) in [5.74, 6) is 1.44. The summed E-state index contributed by atoms with van der Waals surface area (Å²) in [6.45, 7) is 3.12. The van der Waals surface area contributed by atoms with Gasteiger partial charge in [-0.05, 0) is 50.6 Å². The zero-order valence-corrected chi connectivity index (χ0v) is 15.8. The van der Waals surface area contributed by atoms with Crippen LogP contribution in [0, 0.1) is 0 Å². The Labute approximate surface area is 160 Å². The van der Waals surface area contributed by atoms with Crippen LogP contribution in [0.5, 0.6) is 0 Å². The zero-order chi connectivity index (χ0) is 18.3. The van der Waals surface area contributed by atoms with E-state index in [1.54, 1.807) is 0 Å². The summed E-state index contributed by atoms with van der Waals surface area (Å²) in [5, 5.41) is 0. The van der Waals surface area contributed by atoms with E-state index >= 15 is 0 Å². The molecule has 1 N–H and O–H groups in total. The molecular weight excluding hydrogens is 334 g/mol. The molecule has 2 aromatic rings. The van der Waals surface area contributed by atoms with Gasteiger partial charge in [-0.15, -0.1) is 0 Å². The monoisotopic (exact) mass is 361 g/mol. The van der Waals surface area contributed by atoms with Crippen molar-refractivity contribution in [2.24, 2.45) is 0 Å². The number of aromatic nitrogens is 2. The number of H-pyrrole nitrogens is 1. The maximum Gasteiger partial charge on any atom is 0.254 e. The van der Waals surface area contributed by atoms with Crippen molar-refractivity contribution in [3.8, 4) is 0 Å². The lowest BCUT2D eigenvalue weighted by Gasteiger charge is -2.40. The number of rotatable bonds is 4. The Morgan fingerprint density at radius 1 is 1.22 bits per heavy atom. The van der Waals surface area contributed by atoms with Gasteiger partial charge >= 0.3 is 0 Å². The second-order valence-corrected chi connectivity index (χ2v) is 8.48. The van der Waals surface area contributed by atoms with Crippen molar-refractivity contribution in [1.82, 2.24) is 14.9 Å². The van der Waals surface area contributed by atoms with Gasteiger partial charge in [-0.1, -0.05) is 42.5 Å². The molecule has 1 saturated heterocycles. The minimum Gasteiger partial charge on any atom is -0.310 e. The van der Waals surface area contributed by atoms with Crippen LogP contribution >= 0.6 is 0 Å². The van der Waals surface area contributed by atoms with E-state index in [2.05, 4.69) is 46.3 Å². The van der Waals surface area contributed by atoms with Crippen molar-refractivity contribution >= 4 is 6.08 Å². The number of piperidine rings is 1. The lowest BCUT2D eigenvalue weighted by molar-refractivity contribution is 0.156. The van der Waals surface area contributed by atoms with Crippen LogP contribution in [0.1, 0.15) is 60.7 Å². The molecule has 0 amide bonds. The van der Waals surface area contributed by atoms with Gasteiger partial charge in [0.25, 0.3) is 5.56 Å². The van der Waals surface area contributed by atoms with Crippen LogP contribution in [0.2, 0.25) is 0 Å². The number of benzene rings is 1. The fraction of sp³-hybridized carbons (Fsp3) is 0.478. The highest BCUT2D eigenvalue weighted by molar-refractivity contribution is 5.48. The Kier molecular flexibility index (Phi) is 4.24. The largest absolute Gasteiger partial charge is 0.310 e. The lowest BCUT2D eigenvalue weighted by atomic mass is 9.77. The topological polar surface area (TPSA) is 49.0 Å². The fourth-order valence-corrected chi connectivity index (χ4v) is 4.90. The molecule has 5 rings (SSSR count). The average molecular weight is 361 g/mol. The van der Waals surface area contributed by atoms with Crippen molar-refractivity contribution < 1.29 is 0 Å². The van der Waals surface area contributed by atoms with Crippen LogP contribution in [0.15, 0.2) is 41.2 Å². The van der Waals surface area contributed by atoms with Gasteiger partial charge in [-0.25, -0.2) is 4.98 Å². The summed E-state index contributed by atoms with van der Waals surface area (Å²) in [4.78, 5) is 23.2. The van der Waals surface area contributed by atoms with Crippen LogP contribution in [-0.2, 0) is 11.8 Å². The Bertz CT molecular complexity index is 913. The lowest BCUT2D eigenvalue weighted by Crippen LogP contribution is -2.45. The molecule has 2 fully saturated rings. The first kappa shape index (κ1) is 16.9. The Morgan fingerprint density at radius 3 is 2.89 bits per heavy atom. The molecule has 1 spiro atoms. The van der Waals surface area contributed by atoms with E-state index in [4.69, 9.17) is 4.98 Å². The molecule has 1 aromatic carbocycles. The minimum atomic E-state index is 0.0894. The maximum atomic E-state index is 12.6. The number of nitrogens with zero attached hydrogens (tertiary/aromatic N) is 2. The van der Waals surface area contributed by atoms with Crippen molar-refractivity contribution in [2.75, 3.05) is 19.6 Å². The normalized spacial score (nSPS) is 25.3. The molecule has 4 nitrogen and oxygen atoms in total. The first-order chi connectivity index (χ1) is 13.2. The molecule has 1 atom stereocenters. The summed E-state index contributed by atoms with van der Waals surface area (Å²) in [5.41, 5.74) is 3.55. The van der Waals surface area contributed by atoms with E-state index in [1.165, 1.54) is 31.2 Å². The second kappa shape index (κ2) is 6.75. The Balaban J connectivity index is 1.36. The predicted octanol–water partition coefficient (Wildman–Crippen LogP) is 3.64. The number of aromatic amines is 1. The highest BCUT2D eigenvalue weighted by Gasteiger charge is 2.45. The molecule has 2 aliphatic carbocycles. The van der Waals surface area contributed by atoms with Gasteiger partial charge in [0, 0.05) is 30.0 Å². The maximum absolute atomic E-state index is 12.6. The molecule has 27 heavy (non-hydrogen) atoms. The summed E-state index contributed by atoms with van der Waals surface area (Å²) >= 11 is 0. The minimum absolute atomic E-state index is 0.0894. The summed E-state index contributed by atoms with van der Waals surface area (Å²) in [6.07, 6.45) is 11.1. The highest BCUT2D eigenvalue weighted by atomic mass is 16.1. The van der Waals surface area contributed by atoms with Gasteiger partial charge in [-0.3, -0.25) is 9.69 Å². The number of likely N-dealkylation sites (tertiary alicyclic amines) is 1. The van der Waals surface area contributed by atoms with E-state index in [0.29, 0.717) is 5.92 Å². The molecule has 1 aliphatic heterocycles. The van der Waals surface area contributed by atoms with Gasteiger partial charge in [0.15, 0.2) is 0 Å². The van der Waals surface area contributed by atoms with Crippen LogP contribution in [-0.4, -0.2) is 34.5 Å². The molecule has 3 aliphatic rings. The summed E-state index contributed by atoms with van der Waals surface area (Å²) in [6, 6.07) is 10.5. The highest BCUT2D eigenvalue weighted by Crippen LogP contribution is 2.44. The van der Waals surface area contributed by atoms with E-state index in [1.807, 2.05) is 6.07 Å². The number of fused-ring (bicyclic) bond motifs is 2. The Morgan fingerprint density at radius 2 is 2.07 bits per heavy atom. The van der Waals surface area contributed by atoms with Gasteiger partial charge in [0.2, 0.25) is 0 Å². The van der Waals surface area contributed by atoms with Crippen LogP contribution in [0.3, 0.4) is 0 Å². The van der Waals surface area contributed by atoms with Crippen LogP contribution in [0.25, 0.3) is 6.08 Å². The third-order valence-corrected chi connectivity index (χ3v) is 6.48. The van der Waals surface area contributed by atoms with E-state index in [-0.39, 0.29) is 11.0 Å². The molecular formula is C23H27N3O. The Hall–Kier alpha value is -2.20. The zero-order valence-electron chi connectivity index (χ0n) is 15.8. The van der Waals surface area contributed by atoms with Crippen molar-refractivity contribution in [2.45, 2.75) is 49.9 Å². The van der Waals surface area contributed by atoms with Gasteiger partial charge in [0.1, 0.15) is 5.82 Å². The third kappa shape index (κ3) is 3.27. The van der Waals surface area contributed by atoms with Crippen LogP contribution in [0.4, 0.5) is 0 Å². The number of nitrogens with one attached hydrogen (secondary N) is 1. The molecule has 1 aromatic heterocycles. The summed E-state index contributed by atoms with van der Waals surface area (Å²) < 4.78 is 0. The first-order valence-corrected chi connectivity index (χ1v) is 10.3. The SMILES string of the molecule is O=c1[nH]c(C2CC2)nc2c1CCC21CCCN(CC=Cc2ccccc2)C1. The molecule has 4 heteroatoms. The van der Waals surface area contributed by atoms with Gasteiger partial charge in [0.05, 0.1) is 5.69 Å². The number of hydrogen-bond acceptors (Lipinski definition) is 3. The second-order valence-electron chi connectivity index (χ2n) is 8.48. The van der Waals surface area contributed by atoms with Gasteiger partial charge < -0.3 is 4.98 Å². The average Bonchev–Trinajstić information content (AvgIpc) is 3.48. The van der Waals surface area contributed by atoms with E-state index in [0.717, 1.165) is 49.6 Å². The molecule has 1 saturated carbocycles. The molecule has 2 heterocycles. The van der Waals surface area contributed by atoms with Crippen molar-refractivity contribution in [3.63, 3.8) is 0 Å². The van der Waals surface area contributed by atoms with Crippen LogP contribution < -0.4 is 5.56 Å². The predicted molar refractivity (Wildman–Crippen MR) is 108 cm³/mol. The first-order valence-electron chi connectivity index (χ1n) is 10.3. The van der Waals surface area contributed by atoms with E-state index < -0.39 is 0 Å². The molecule has 1 unspecified atom stereocenters. The van der Waals surface area contributed by atoms with Crippen molar-refractivity contribution in [1.29, 1.82) is 0 Å². The van der Waals surface area contributed by atoms with E-state index in [9.17, 15) is 4.79 Å². The standard InChI is InChI=1S/C23H27N3O/c27-22-19-11-13-23(20(19)24-21(25-22)18-9-10-18)12-5-15-26(16-23)14-4-8-17-6-2-1-3-7-17/h1-4,6-8,18H,5,9-16H2,(H,24,25,27). The number of hydrogen-bond donors (Lipinski definition) is 1.